The molecule has 0 radical (unpaired) electrons. The summed E-state index contributed by atoms with van der Waals surface area (Å²) in [4.78, 5) is 1.37. The molecule has 0 aliphatic carbocycles. The minimum atomic E-state index is 0.429. The lowest BCUT2D eigenvalue weighted by atomic mass is 9.98. The van der Waals surface area contributed by atoms with Gasteiger partial charge in [0, 0.05) is 21.8 Å². The van der Waals surface area contributed by atoms with Gasteiger partial charge in [0.25, 0.3) is 0 Å². The van der Waals surface area contributed by atoms with E-state index in [1.165, 1.54) is 14.9 Å². The van der Waals surface area contributed by atoms with Crippen molar-refractivity contribution < 1.29 is 0 Å². The van der Waals surface area contributed by atoms with Gasteiger partial charge in [-0.05, 0) is 29.5 Å². The van der Waals surface area contributed by atoms with Crippen molar-refractivity contribution in [3.05, 3.63) is 56.7 Å². The predicted molar refractivity (Wildman–Crippen MR) is 74.0 cm³/mol. The fraction of sp³-hybridized carbons (Fsp3) is 0.231. The molecule has 0 aliphatic heterocycles. The molecule has 2 aromatic rings. The van der Waals surface area contributed by atoms with E-state index in [4.69, 9.17) is 5.73 Å². The van der Waals surface area contributed by atoms with Gasteiger partial charge >= 0.3 is 0 Å². The summed E-state index contributed by atoms with van der Waals surface area (Å²) in [5.41, 5.74) is 7.18. The molecule has 16 heavy (non-hydrogen) atoms. The van der Waals surface area contributed by atoms with Gasteiger partial charge in [0.1, 0.15) is 0 Å². The zero-order valence-electron chi connectivity index (χ0n) is 8.90. The molecule has 0 aliphatic rings. The summed E-state index contributed by atoms with van der Waals surface area (Å²) in [6.07, 6.45) is 0.998. The average Bonchev–Trinajstić information content (AvgIpc) is 2.81. The Morgan fingerprint density at radius 2 is 2.00 bits per heavy atom. The zero-order valence-corrected chi connectivity index (χ0v) is 11.3. The van der Waals surface area contributed by atoms with Crippen LogP contribution in [0.25, 0.3) is 0 Å². The summed E-state index contributed by atoms with van der Waals surface area (Å²) in [6.45, 7) is 0.696. The monoisotopic (exact) mass is 295 g/mol. The number of nitrogens with two attached hydrogens (primary N) is 1. The molecular formula is C13H14BrNS. The Kier molecular flexibility index (Phi) is 4.16. The summed E-state index contributed by atoms with van der Waals surface area (Å²) in [6, 6.07) is 12.6. The number of rotatable bonds is 4. The average molecular weight is 296 g/mol. The van der Waals surface area contributed by atoms with Crippen molar-refractivity contribution >= 4 is 27.3 Å². The molecule has 0 spiro atoms. The van der Waals surface area contributed by atoms with Gasteiger partial charge in [0.15, 0.2) is 0 Å². The first-order valence-corrected chi connectivity index (χ1v) is 6.95. The highest BCUT2D eigenvalue weighted by Crippen LogP contribution is 2.27. The van der Waals surface area contributed by atoms with Gasteiger partial charge in [0.05, 0.1) is 0 Å². The highest BCUT2D eigenvalue weighted by atomic mass is 79.9. The van der Waals surface area contributed by atoms with E-state index < -0.39 is 0 Å². The summed E-state index contributed by atoms with van der Waals surface area (Å²) in [5.74, 6) is 0.429. The van der Waals surface area contributed by atoms with Crippen molar-refractivity contribution in [2.75, 3.05) is 6.54 Å². The lowest BCUT2D eigenvalue weighted by Gasteiger charge is -2.14. The first-order valence-electron chi connectivity index (χ1n) is 5.28. The Hall–Kier alpha value is -0.640. The Morgan fingerprint density at radius 1 is 1.19 bits per heavy atom. The van der Waals surface area contributed by atoms with Crippen molar-refractivity contribution in [1.29, 1.82) is 0 Å². The van der Waals surface area contributed by atoms with E-state index in [0.717, 1.165) is 6.42 Å². The molecule has 1 heterocycles. The normalized spacial score (nSPS) is 12.6. The van der Waals surface area contributed by atoms with Gasteiger partial charge in [0.2, 0.25) is 0 Å². The predicted octanol–water partition coefficient (Wildman–Crippen LogP) is 3.80. The molecule has 1 aromatic heterocycles. The minimum absolute atomic E-state index is 0.429. The SMILES string of the molecule is NCC(Cc1ccccc1Br)c1cccs1. The molecule has 0 amide bonds. The molecule has 0 fully saturated rings. The quantitative estimate of drug-likeness (QED) is 0.912. The molecule has 0 bridgehead atoms. The van der Waals surface area contributed by atoms with Crippen molar-refractivity contribution in [2.24, 2.45) is 5.73 Å². The third-order valence-electron chi connectivity index (χ3n) is 2.65. The van der Waals surface area contributed by atoms with E-state index in [1.807, 2.05) is 6.07 Å². The van der Waals surface area contributed by atoms with Gasteiger partial charge in [-0.1, -0.05) is 40.2 Å². The molecular weight excluding hydrogens is 282 g/mol. The van der Waals surface area contributed by atoms with E-state index >= 15 is 0 Å². The second-order valence-electron chi connectivity index (χ2n) is 3.74. The smallest absolute Gasteiger partial charge is 0.0207 e. The molecule has 2 N–H and O–H groups in total. The highest BCUT2D eigenvalue weighted by Gasteiger charge is 2.12. The van der Waals surface area contributed by atoms with E-state index in [-0.39, 0.29) is 0 Å². The number of hydrogen-bond acceptors (Lipinski definition) is 2. The Bertz CT molecular complexity index is 439. The Balaban J connectivity index is 2.17. The summed E-state index contributed by atoms with van der Waals surface area (Å²) < 4.78 is 1.17. The fourth-order valence-corrected chi connectivity index (χ4v) is 3.04. The van der Waals surface area contributed by atoms with Crippen LogP contribution in [0.2, 0.25) is 0 Å². The lowest BCUT2D eigenvalue weighted by Crippen LogP contribution is -2.14. The van der Waals surface area contributed by atoms with Gasteiger partial charge < -0.3 is 5.73 Å². The van der Waals surface area contributed by atoms with Crippen LogP contribution in [0.5, 0.6) is 0 Å². The van der Waals surface area contributed by atoms with E-state index in [9.17, 15) is 0 Å². The number of hydrogen-bond donors (Lipinski definition) is 1. The first-order chi connectivity index (χ1) is 7.81. The van der Waals surface area contributed by atoms with Gasteiger partial charge in [-0.2, -0.15) is 0 Å². The fourth-order valence-electron chi connectivity index (χ4n) is 1.75. The summed E-state index contributed by atoms with van der Waals surface area (Å²) in [7, 11) is 0. The zero-order chi connectivity index (χ0) is 11.4. The second kappa shape index (κ2) is 5.62. The molecule has 1 unspecified atom stereocenters. The standard InChI is InChI=1S/C13H14BrNS/c14-12-5-2-1-4-10(12)8-11(9-15)13-6-3-7-16-13/h1-7,11H,8-9,15H2. The topological polar surface area (TPSA) is 26.0 Å². The second-order valence-corrected chi connectivity index (χ2v) is 5.58. The van der Waals surface area contributed by atoms with Crippen LogP contribution in [-0.2, 0) is 6.42 Å². The van der Waals surface area contributed by atoms with Crippen LogP contribution in [0.15, 0.2) is 46.3 Å². The lowest BCUT2D eigenvalue weighted by molar-refractivity contribution is 0.705. The molecule has 1 atom stereocenters. The van der Waals surface area contributed by atoms with Gasteiger partial charge in [-0.25, -0.2) is 0 Å². The maximum Gasteiger partial charge on any atom is 0.0207 e. The molecule has 3 heteroatoms. The summed E-state index contributed by atoms with van der Waals surface area (Å²) in [5, 5.41) is 2.11. The first kappa shape index (κ1) is 11.8. The molecule has 1 aromatic carbocycles. The van der Waals surface area contributed by atoms with Crippen LogP contribution < -0.4 is 5.73 Å². The number of benzene rings is 1. The number of halogens is 1. The van der Waals surface area contributed by atoms with Crippen LogP contribution in [0.1, 0.15) is 16.4 Å². The Morgan fingerprint density at radius 3 is 2.62 bits per heavy atom. The van der Waals surface area contributed by atoms with Crippen molar-refractivity contribution in [3.63, 3.8) is 0 Å². The molecule has 0 saturated carbocycles. The van der Waals surface area contributed by atoms with Crippen LogP contribution in [0.4, 0.5) is 0 Å². The van der Waals surface area contributed by atoms with Crippen LogP contribution in [0, 0.1) is 0 Å². The van der Waals surface area contributed by atoms with Crippen molar-refractivity contribution in [2.45, 2.75) is 12.3 Å². The van der Waals surface area contributed by atoms with Gasteiger partial charge in [-0.3, -0.25) is 0 Å². The largest absolute Gasteiger partial charge is 0.330 e. The molecule has 1 nitrogen and oxygen atoms in total. The minimum Gasteiger partial charge on any atom is -0.330 e. The van der Waals surface area contributed by atoms with Crippen LogP contribution in [-0.4, -0.2) is 6.54 Å². The van der Waals surface area contributed by atoms with Crippen molar-refractivity contribution in [1.82, 2.24) is 0 Å². The van der Waals surface area contributed by atoms with E-state index in [0.29, 0.717) is 12.5 Å². The third kappa shape index (κ3) is 2.73. The van der Waals surface area contributed by atoms with Crippen LogP contribution in [0.3, 0.4) is 0 Å². The van der Waals surface area contributed by atoms with E-state index in [1.54, 1.807) is 11.3 Å². The molecule has 2 rings (SSSR count). The van der Waals surface area contributed by atoms with E-state index in [2.05, 4.69) is 51.6 Å². The maximum absolute atomic E-state index is 5.85. The van der Waals surface area contributed by atoms with Crippen molar-refractivity contribution in [3.8, 4) is 0 Å². The third-order valence-corrected chi connectivity index (χ3v) is 4.46. The maximum atomic E-state index is 5.85. The molecule has 0 saturated heterocycles. The Labute approximate surface area is 108 Å². The van der Waals surface area contributed by atoms with Gasteiger partial charge in [-0.15, -0.1) is 11.3 Å². The molecule has 84 valence electrons. The van der Waals surface area contributed by atoms with Crippen LogP contribution >= 0.6 is 27.3 Å². The number of thiophene rings is 1. The highest BCUT2D eigenvalue weighted by molar-refractivity contribution is 9.10. The summed E-state index contributed by atoms with van der Waals surface area (Å²) >= 11 is 5.37.